The van der Waals surface area contributed by atoms with E-state index in [1.807, 2.05) is 49.4 Å². The third kappa shape index (κ3) is 4.57. The number of methoxy groups -OCH3 is 2. The number of anilines is 1. The first-order chi connectivity index (χ1) is 13.7. The number of benzene rings is 2. The minimum absolute atomic E-state index is 0.0495. The number of likely N-dealkylation sites (tertiary alicyclic amines) is 1. The number of para-hydroxylation sites is 2. The van der Waals surface area contributed by atoms with Crippen LogP contribution in [0, 0.1) is 0 Å². The molecule has 1 amide bonds. The monoisotopic (exact) mass is 384 g/mol. The van der Waals surface area contributed by atoms with Crippen LogP contribution in [0.15, 0.2) is 42.5 Å². The summed E-state index contributed by atoms with van der Waals surface area (Å²) in [7, 11) is 3.30. The lowest BCUT2D eigenvalue weighted by Gasteiger charge is -2.26. The zero-order valence-electron chi connectivity index (χ0n) is 16.7. The molecular weight excluding hydrogens is 356 g/mol. The molecule has 0 aromatic heterocycles. The summed E-state index contributed by atoms with van der Waals surface area (Å²) in [6.45, 7) is 3.68. The van der Waals surface area contributed by atoms with Gasteiger partial charge in [0.15, 0.2) is 0 Å². The van der Waals surface area contributed by atoms with Gasteiger partial charge in [0.1, 0.15) is 17.2 Å². The van der Waals surface area contributed by atoms with Gasteiger partial charge in [0.25, 0.3) is 0 Å². The van der Waals surface area contributed by atoms with E-state index in [4.69, 9.17) is 14.2 Å². The van der Waals surface area contributed by atoms with Crippen LogP contribution >= 0.6 is 0 Å². The Morgan fingerprint density at radius 3 is 2.71 bits per heavy atom. The lowest BCUT2D eigenvalue weighted by atomic mass is 10.0. The maximum Gasteiger partial charge on any atom is 0.238 e. The van der Waals surface area contributed by atoms with E-state index in [1.165, 1.54) is 0 Å². The largest absolute Gasteiger partial charge is 0.497 e. The highest BCUT2D eigenvalue weighted by Gasteiger charge is 2.30. The zero-order valence-corrected chi connectivity index (χ0v) is 16.7. The van der Waals surface area contributed by atoms with Crippen LogP contribution in [-0.4, -0.2) is 44.7 Å². The molecule has 6 nitrogen and oxygen atoms in total. The second kappa shape index (κ2) is 9.46. The molecule has 0 aliphatic carbocycles. The second-order valence-corrected chi connectivity index (χ2v) is 6.71. The number of hydrogen-bond acceptors (Lipinski definition) is 5. The van der Waals surface area contributed by atoms with Gasteiger partial charge in [0.2, 0.25) is 5.91 Å². The number of rotatable bonds is 8. The Morgan fingerprint density at radius 2 is 1.96 bits per heavy atom. The molecule has 150 valence electrons. The second-order valence-electron chi connectivity index (χ2n) is 6.71. The number of ether oxygens (including phenoxy) is 3. The molecule has 0 radical (unpaired) electrons. The highest BCUT2D eigenvalue weighted by Crippen LogP contribution is 2.38. The SMILES string of the molecule is CCOc1ccccc1NC(=O)CN1CCC[C@H]1c1ccc(OC)cc1OC. The van der Waals surface area contributed by atoms with Crippen molar-refractivity contribution in [2.75, 3.05) is 39.2 Å². The standard InChI is InChI=1S/C22H28N2O4/c1-4-28-20-10-6-5-8-18(20)23-22(25)15-24-13-7-9-19(24)17-12-11-16(26-2)14-21(17)27-3/h5-6,8,10-12,14,19H,4,7,9,13,15H2,1-3H3,(H,23,25)/t19-/m0/s1. The average molecular weight is 384 g/mol. The molecule has 1 saturated heterocycles. The highest BCUT2D eigenvalue weighted by molar-refractivity contribution is 5.93. The van der Waals surface area contributed by atoms with E-state index < -0.39 is 0 Å². The molecule has 3 rings (SSSR count). The summed E-state index contributed by atoms with van der Waals surface area (Å²) in [5.74, 6) is 2.19. The molecule has 2 aromatic rings. The van der Waals surface area contributed by atoms with Gasteiger partial charge in [-0.15, -0.1) is 0 Å². The van der Waals surface area contributed by atoms with Crippen LogP contribution in [0.25, 0.3) is 0 Å². The van der Waals surface area contributed by atoms with Gasteiger partial charge in [0, 0.05) is 17.7 Å². The topological polar surface area (TPSA) is 60.0 Å². The maximum atomic E-state index is 12.7. The number of nitrogens with one attached hydrogen (secondary N) is 1. The fraction of sp³-hybridized carbons (Fsp3) is 0.409. The number of nitrogens with zero attached hydrogens (tertiary/aromatic N) is 1. The Morgan fingerprint density at radius 1 is 1.14 bits per heavy atom. The zero-order chi connectivity index (χ0) is 19.9. The van der Waals surface area contributed by atoms with Crippen LogP contribution in [0.2, 0.25) is 0 Å². The van der Waals surface area contributed by atoms with Crippen LogP contribution in [0.4, 0.5) is 5.69 Å². The Labute approximate surface area is 166 Å². The van der Waals surface area contributed by atoms with E-state index in [0.717, 1.165) is 36.4 Å². The Hall–Kier alpha value is -2.73. The van der Waals surface area contributed by atoms with E-state index in [2.05, 4.69) is 10.2 Å². The molecule has 0 unspecified atom stereocenters. The van der Waals surface area contributed by atoms with Crippen molar-refractivity contribution >= 4 is 11.6 Å². The molecule has 1 N–H and O–H groups in total. The molecule has 1 fully saturated rings. The van der Waals surface area contributed by atoms with Crippen LogP contribution < -0.4 is 19.5 Å². The lowest BCUT2D eigenvalue weighted by Crippen LogP contribution is -2.33. The fourth-order valence-electron chi connectivity index (χ4n) is 3.69. The fourth-order valence-corrected chi connectivity index (χ4v) is 3.69. The molecule has 0 saturated carbocycles. The number of carbonyl (C=O) groups excluding carboxylic acids is 1. The van der Waals surface area contributed by atoms with Crippen molar-refractivity contribution in [2.45, 2.75) is 25.8 Å². The molecule has 1 heterocycles. The smallest absolute Gasteiger partial charge is 0.238 e. The third-order valence-corrected chi connectivity index (χ3v) is 4.97. The summed E-state index contributed by atoms with van der Waals surface area (Å²) in [6, 6.07) is 13.5. The van der Waals surface area contributed by atoms with Crippen LogP contribution in [0.5, 0.6) is 17.2 Å². The molecular formula is C22H28N2O4. The van der Waals surface area contributed by atoms with Crippen molar-refractivity contribution < 1.29 is 19.0 Å². The summed E-state index contributed by atoms with van der Waals surface area (Å²) in [5.41, 5.74) is 1.79. The van der Waals surface area contributed by atoms with Crippen LogP contribution in [0.1, 0.15) is 31.4 Å². The van der Waals surface area contributed by atoms with Crippen LogP contribution in [-0.2, 0) is 4.79 Å². The minimum Gasteiger partial charge on any atom is -0.497 e. The first-order valence-electron chi connectivity index (χ1n) is 9.64. The van der Waals surface area contributed by atoms with Crippen LogP contribution in [0.3, 0.4) is 0 Å². The molecule has 1 aliphatic rings. The summed E-state index contributed by atoms with van der Waals surface area (Å²) in [4.78, 5) is 14.9. The average Bonchev–Trinajstić information content (AvgIpc) is 3.16. The Kier molecular flexibility index (Phi) is 6.76. The van der Waals surface area contributed by atoms with Crippen molar-refractivity contribution in [1.82, 2.24) is 4.90 Å². The van der Waals surface area contributed by atoms with E-state index in [9.17, 15) is 4.79 Å². The summed E-state index contributed by atoms with van der Waals surface area (Å²) in [5, 5.41) is 2.98. The molecule has 6 heteroatoms. The summed E-state index contributed by atoms with van der Waals surface area (Å²) in [6.07, 6.45) is 2.04. The first kappa shape index (κ1) is 20.0. The van der Waals surface area contributed by atoms with Gasteiger partial charge in [-0.2, -0.15) is 0 Å². The maximum absolute atomic E-state index is 12.7. The minimum atomic E-state index is -0.0495. The first-order valence-corrected chi connectivity index (χ1v) is 9.64. The number of hydrogen-bond donors (Lipinski definition) is 1. The normalized spacial score (nSPS) is 16.6. The van der Waals surface area contributed by atoms with Gasteiger partial charge in [-0.05, 0) is 44.5 Å². The van der Waals surface area contributed by atoms with Crippen molar-refractivity contribution in [1.29, 1.82) is 0 Å². The predicted molar refractivity (Wildman–Crippen MR) is 109 cm³/mol. The molecule has 28 heavy (non-hydrogen) atoms. The molecule has 0 bridgehead atoms. The molecule has 1 aliphatic heterocycles. The Bertz CT molecular complexity index is 809. The summed E-state index contributed by atoms with van der Waals surface area (Å²) >= 11 is 0. The molecule has 1 atom stereocenters. The van der Waals surface area contributed by atoms with Gasteiger partial charge in [-0.25, -0.2) is 0 Å². The molecule has 2 aromatic carbocycles. The molecule has 0 spiro atoms. The predicted octanol–water partition coefficient (Wildman–Crippen LogP) is 3.88. The van der Waals surface area contributed by atoms with Gasteiger partial charge in [-0.3, -0.25) is 9.69 Å². The van der Waals surface area contributed by atoms with Gasteiger partial charge < -0.3 is 19.5 Å². The van der Waals surface area contributed by atoms with E-state index in [0.29, 0.717) is 24.6 Å². The number of carbonyl (C=O) groups is 1. The quantitative estimate of drug-likeness (QED) is 0.748. The van der Waals surface area contributed by atoms with Crippen molar-refractivity contribution in [3.63, 3.8) is 0 Å². The number of amides is 1. The Balaban J connectivity index is 1.71. The van der Waals surface area contributed by atoms with Gasteiger partial charge >= 0.3 is 0 Å². The van der Waals surface area contributed by atoms with E-state index in [1.54, 1.807) is 14.2 Å². The van der Waals surface area contributed by atoms with Crippen molar-refractivity contribution in [3.05, 3.63) is 48.0 Å². The lowest BCUT2D eigenvalue weighted by molar-refractivity contribution is -0.117. The van der Waals surface area contributed by atoms with Gasteiger partial charge in [-0.1, -0.05) is 18.2 Å². The highest BCUT2D eigenvalue weighted by atomic mass is 16.5. The van der Waals surface area contributed by atoms with Gasteiger partial charge in [0.05, 0.1) is 33.1 Å². The van der Waals surface area contributed by atoms with E-state index in [-0.39, 0.29) is 11.9 Å². The van der Waals surface area contributed by atoms with E-state index >= 15 is 0 Å². The van der Waals surface area contributed by atoms with Crippen molar-refractivity contribution in [3.8, 4) is 17.2 Å². The third-order valence-electron chi connectivity index (χ3n) is 4.97. The van der Waals surface area contributed by atoms with Crippen molar-refractivity contribution in [2.24, 2.45) is 0 Å². The summed E-state index contributed by atoms with van der Waals surface area (Å²) < 4.78 is 16.5.